The maximum absolute atomic E-state index is 13.1. The molecule has 3 heterocycles. The van der Waals surface area contributed by atoms with Crippen LogP contribution in [0.2, 0.25) is 0 Å². The molecule has 1 spiro atoms. The highest BCUT2D eigenvalue weighted by Gasteiger charge is 2.51. The van der Waals surface area contributed by atoms with Gasteiger partial charge in [-0.3, -0.25) is 9.59 Å². The summed E-state index contributed by atoms with van der Waals surface area (Å²) in [7, 11) is 1.88. The predicted octanol–water partition coefficient (Wildman–Crippen LogP) is 2.60. The van der Waals surface area contributed by atoms with Gasteiger partial charge in [0.1, 0.15) is 5.69 Å². The van der Waals surface area contributed by atoms with Crippen molar-refractivity contribution in [1.82, 2.24) is 14.4 Å². The lowest BCUT2D eigenvalue weighted by Crippen LogP contribution is -2.38. The van der Waals surface area contributed by atoms with Crippen molar-refractivity contribution in [2.45, 2.75) is 26.3 Å². The van der Waals surface area contributed by atoms with Gasteiger partial charge in [-0.2, -0.15) is 0 Å². The molecule has 136 valence electrons. The van der Waals surface area contributed by atoms with Crippen LogP contribution in [0.1, 0.15) is 34.5 Å². The molecular formula is C21H25N3O2. The molecule has 1 atom stereocenters. The molecule has 2 amide bonds. The monoisotopic (exact) mass is 351 g/mol. The number of amides is 2. The van der Waals surface area contributed by atoms with Crippen molar-refractivity contribution in [1.29, 1.82) is 0 Å². The number of rotatable bonds is 3. The molecule has 4 rings (SSSR count). The molecule has 0 saturated carbocycles. The lowest BCUT2D eigenvalue weighted by atomic mass is 9.85. The molecule has 5 heteroatoms. The molecule has 1 unspecified atom stereocenters. The Morgan fingerprint density at radius 2 is 1.96 bits per heavy atom. The molecule has 0 bridgehead atoms. The van der Waals surface area contributed by atoms with Crippen molar-refractivity contribution in [2.75, 3.05) is 19.6 Å². The molecule has 2 aliphatic heterocycles. The third-order valence-corrected chi connectivity index (χ3v) is 5.86. The number of carbonyl (C=O) groups is 2. The van der Waals surface area contributed by atoms with Gasteiger partial charge in [0.05, 0.1) is 5.41 Å². The van der Waals surface area contributed by atoms with Crippen LogP contribution in [0.3, 0.4) is 0 Å². The molecule has 1 aromatic carbocycles. The van der Waals surface area contributed by atoms with Gasteiger partial charge in [-0.15, -0.1) is 0 Å². The van der Waals surface area contributed by atoms with E-state index in [-0.39, 0.29) is 17.2 Å². The summed E-state index contributed by atoms with van der Waals surface area (Å²) in [6, 6.07) is 12.0. The quantitative estimate of drug-likeness (QED) is 0.853. The van der Waals surface area contributed by atoms with E-state index in [2.05, 4.69) is 25.1 Å². The van der Waals surface area contributed by atoms with Gasteiger partial charge in [-0.25, -0.2) is 0 Å². The van der Waals surface area contributed by atoms with Crippen LogP contribution in [0.25, 0.3) is 0 Å². The summed E-state index contributed by atoms with van der Waals surface area (Å²) >= 11 is 0. The van der Waals surface area contributed by atoms with Gasteiger partial charge in [0.25, 0.3) is 5.91 Å². The van der Waals surface area contributed by atoms with E-state index >= 15 is 0 Å². The van der Waals surface area contributed by atoms with Crippen LogP contribution >= 0.6 is 0 Å². The second-order valence-electron chi connectivity index (χ2n) is 7.73. The number of hydrogen-bond donors (Lipinski definition) is 0. The second kappa shape index (κ2) is 6.31. The highest BCUT2D eigenvalue weighted by molar-refractivity contribution is 5.94. The van der Waals surface area contributed by atoms with Crippen LogP contribution in [0, 0.1) is 12.3 Å². The largest absolute Gasteiger partial charge is 0.347 e. The zero-order valence-electron chi connectivity index (χ0n) is 15.4. The van der Waals surface area contributed by atoms with Crippen LogP contribution in [0.4, 0.5) is 0 Å². The molecule has 2 aromatic rings. The lowest BCUT2D eigenvalue weighted by molar-refractivity contribution is -0.135. The van der Waals surface area contributed by atoms with Gasteiger partial charge < -0.3 is 14.4 Å². The van der Waals surface area contributed by atoms with Crippen LogP contribution in [-0.2, 0) is 18.4 Å². The molecule has 0 N–H and O–H groups in total. The average molecular weight is 351 g/mol. The zero-order chi connectivity index (χ0) is 18.3. The van der Waals surface area contributed by atoms with Crippen LogP contribution in [0.15, 0.2) is 42.6 Å². The van der Waals surface area contributed by atoms with Gasteiger partial charge in [0.2, 0.25) is 5.91 Å². The maximum Gasteiger partial charge on any atom is 0.270 e. The highest BCUT2D eigenvalue weighted by Crippen LogP contribution is 2.41. The van der Waals surface area contributed by atoms with Crippen molar-refractivity contribution in [3.05, 3.63) is 59.4 Å². The van der Waals surface area contributed by atoms with E-state index in [1.807, 2.05) is 45.8 Å². The molecule has 2 saturated heterocycles. The van der Waals surface area contributed by atoms with E-state index in [0.717, 1.165) is 19.4 Å². The minimum absolute atomic E-state index is 0.0271. The Bertz CT molecular complexity index is 856. The highest BCUT2D eigenvalue weighted by atomic mass is 16.2. The number of hydrogen-bond acceptors (Lipinski definition) is 2. The second-order valence-corrected chi connectivity index (χ2v) is 7.73. The number of carbonyl (C=O) groups excluding carboxylic acids is 2. The SMILES string of the molecule is Cc1cccc(CN2CCC3(CCN(C(=O)c4cccn4C)C3)C2=O)c1. The minimum Gasteiger partial charge on any atom is -0.347 e. The van der Waals surface area contributed by atoms with Crippen molar-refractivity contribution < 1.29 is 9.59 Å². The summed E-state index contributed by atoms with van der Waals surface area (Å²) in [4.78, 5) is 29.7. The molecule has 1 aromatic heterocycles. The van der Waals surface area contributed by atoms with Gasteiger partial charge >= 0.3 is 0 Å². The number of benzene rings is 1. The Morgan fingerprint density at radius 1 is 1.15 bits per heavy atom. The fourth-order valence-corrected chi connectivity index (χ4v) is 4.34. The Balaban J connectivity index is 1.46. The normalized spacial score (nSPS) is 22.6. The Hall–Kier alpha value is -2.56. The van der Waals surface area contributed by atoms with Gasteiger partial charge in [-0.1, -0.05) is 29.8 Å². The van der Waals surface area contributed by atoms with E-state index < -0.39 is 0 Å². The zero-order valence-corrected chi connectivity index (χ0v) is 15.4. The van der Waals surface area contributed by atoms with E-state index in [4.69, 9.17) is 0 Å². The number of aromatic nitrogens is 1. The van der Waals surface area contributed by atoms with Gasteiger partial charge in [0.15, 0.2) is 0 Å². The van der Waals surface area contributed by atoms with Crippen molar-refractivity contribution >= 4 is 11.8 Å². The third kappa shape index (κ3) is 2.81. The van der Waals surface area contributed by atoms with E-state index in [1.54, 1.807) is 0 Å². The topological polar surface area (TPSA) is 45.5 Å². The van der Waals surface area contributed by atoms with Crippen LogP contribution in [-0.4, -0.2) is 45.8 Å². The number of nitrogens with zero attached hydrogens (tertiary/aromatic N) is 3. The first-order chi connectivity index (χ1) is 12.5. The van der Waals surface area contributed by atoms with Gasteiger partial charge in [-0.05, 0) is 37.5 Å². The predicted molar refractivity (Wildman–Crippen MR) is 99.6 cm³/mol. The summed E-state index contributed by atoms with van der Waals surface area (Å²) < 4.78 is 1.84. The summed E-state index contributed by atoms with van der Waals surface area (Å²) in [5, 5.41) is 0. The van der Waals surface area contributed by atoms with E-state index in [9.17, 15) is 9.59 Å². The van der Waals surface area contributed by atoms with Crippen LogP contribution in [0.5, 0.6) is 0 Å². The molecular weight excluding hydrogens is 326 g/mol. The Labute approximate surface area is 154 Å². The fourth-order valence-electron chi connectivity index (χ4n) is 4.34. The fraction of sp³-hybridized carbons (Fsp3) is 0.429. The van der Waals surface area contributed by atoms with E-state index in [0.29, 0.717) is 25.3 Å². The first-order valence-corrected chi connectivity index (χ1v) is 9.24. The smallest absolute Gasteiger partial charge is 0.270 e. The van der Waals surface area contributed by atoms with Gasteiger partial charge in [0, 0.05) is 39.4 Å². The Kier molecular flexibility index (Phi) is 4.10. The Morgan fingerprint density at radius 3 is 2.69 bits per heavy atom. The van der Waals surface area contributed by atoms with E-state index in [1.165, 1.54) is 11.1 Å². The van der Waals surface area contributed by atoms with Crippen molar-refractivity contribution in [3.8, 4) is 0 Å². The van der Waals surface area contributed by atoms with Crippen molar-refractivity contribution in [2.24, 2.45) is 12.5 Å². The molecule has 0 radical (unpaired) electrons. The van der Waals surface area contributed by atoms with Crippen molar-refractivity contribution in [3.63, 3.8) is 0 Å². The maximum atomic E-state index is 13.1. The first kappa shape index (κ1) is 16.9. The van der Waals surface area contributed by atoms with Crippen LogP contribution < -0.4 is 0 Å². The summed E-state index contributed by atoms with van der Waals surface area (Å²) in [6.45, 7) is 4.71. The summed E-state index contributed by atoms with van der Waals surface area (Å²) in [5.74, 6) is 0.237. The standard InChI is InChI=1S/C21H25N3O2/c1-16-5-3-6-17(13-16)14-23-11-8-21(20(23)26)9-12-24(15-21)19(25)18-7-4-10-22(18)2/h3-7,10,13H,8-9,11-12,14-15H2,1-2H3. The number of likely N-dealkylation sites (tertiary alicyclic amines) is 2. The first-order valence-electron chi connectivity index (χ1n) is 9.24. The lowest BCUT2D eigenvalue weighted by Gasteiger charge is -2.24. The molecule has 2 aliphatic rings. The summed E-state index contributed by atoms with van der Waals surface area (Å²) in [5.41, 5.74) is 2.68. The summed E-state index contributed by atoms with van der Waals surface area (Å²) in [6.07, 6.45) is 3.49. The molecule has 0 aliphatic carbocycles. The number of aryl methyl sites for hydroxylation is 2. The molecule has 5 nitrogen and oxygen atoms in total. The third-order valence-electron chi connectivity index (χ3n) is 5.86. The minimum atomic E-state index is -0.384. The average Bonchev–Trinajstić information content (AvgIpc) is 3.31. The molecule has 26 heavy (non-hydrogen) atoms. The molecule has 2 fully saturated rings.